The zero-order valence-corrected chi connectivity index (χ0v) is 19.4. The van der Waals surface area contributed by atoms with Gasteiger partial charge >= 0.3 is 7.82 Å². The number of phosphoric ester groups is 1. The molecule has 0 aromatic carbocycles. The van der Waals surface area contributed by atoms with Gasteiger partial charge in [0.05, 0.1) is 12.9 Å². The molecule has 0 saturated carbocycles. The van der Waals surface area contributed by atoms with Crippen LogP contribution in [0.5, 0.6) is 0 Å². The van der Waals surface area contributed by atoms with E-state index in [4.69, 9.17) is 13.8 Å². The first-order valence-electron chi connectivity index (χ1n) is 11.4. The average Bonchev–Trinajstić information content (AvgIpc) is 3.33. The molecule has 0 aliphatic carbocycles. The van der Waals surface area contributed by atoms with Crippen molar-refractivity contribution in [1.82, 2.24) is 19.5 Å². The van der Waals surface area contributed by atoms with Gasteiger partial charge < -0.3 is 19.6 Å². The monoisotopic (exact) mass is 469 g/mol. The first kappa shape index (κ1) is 23.5. The fourth-order valence-corrected chi connectivity index (χ4v) is 5.22. The number of phosphoric acid groups is 1. The SMILES string of the molecule is CCCCCN(CCCCC)c1ncnc2c1ncn2[C@@H]1O[C@@H]2COP(=O)(O)O[C@H]2[C@H]1O. The average molecular weight is 469 g/mol. The predicted octanol–water partition coefficient (Wildman–Crippen LogP) is 2.79. The van der Waals surface area contributed by atoms with Gasteiger partial charge in [-0.05, 0) is 12.8 Å². The normalized spacial score (nSPS) is 30.0. The van der Waals surface area contributed by atoms with Gasteiger partial charge in [-0.25, -0.2) is 19.5 Å². The molecule has 0 spiro atoms. The molecule has 0 radical (unpaired) electrons. The molecule has 178 valence electrons. The third-order valence-electron chi connectivity index (χ3n) is 5.94. The minimum atomic E-state index is -4.19. The molecule has 2 fully saturated rings. The van der Waals surface area contributed by atoms with Gasteiger partial charge in [0, 0.05) is 13.1 Å². The molecule has 2 saturated heterocycles. The van der Waals surface area contributed by atoms with E-state index in [9.17, 15) is 14.6 Å². The lowest BCUT2D eigenvalue weighted by molar-refractivity contribution is -0.0664. The molecule has 32 heavy (non-hydrogen) atoms. The molecule has 11 nitrogen and oxygen atoms in total. The van der Waals surface area contributed by atoms with Crippen LogP contribution in [-0.2, 0) is 18.3 Å². The maximum absolute atomic E-state index is 11.8. The summed E-state index contributed by atoms with van der Waals surface area (Å²) in [4.78, 5) is 25.3. The van der Waals surface area contributed by atoms with Crippen LogP contribution in [0.25, 0.3) is 11.2 Å². The molecular weight excluding hydrogens is 437 g/mol. The Morgan fingerprint density at radius 2 is 1.88 bits per heavy atom. The maximum atomic E-state index is 11.8. The van der Waals surface area contributed by atoms with Gasteiger partial charge in [0.25, 0.3) is 0 Å². The van der Waals surface area contributed by atoms with Crippen LogP contribution in [0.15, 0.2) is 12.7 Å². The minimum absolute atomic E-state index is 0.137. The number of anilines is 1. The quantitative estimate of drug-likeness (QED) is 0.395. The van der Waals surface area contributed by atoms with E-state index in [0.29, 0.717) is 11.2 Å². The van der Waals surface area contributed by atoms with Crippen molar-refractivity contribution in [2.45, 2.75) is 76.9 Å². The summed E-state index contributed by atoms with van der Waals surface area (Å²) >= 11 is 0. The summed E-state index contributed by atoms with van der Waals surface area (Å²) < 4.78 is 29.2. The number of aliphatic hydroxyl groups excluding tert-OH is 1. The van der Waals surface area contributed by atoms with E-state index in [0.717, 1.165) is 57.4 Å². The molecule has 2 aliphatic rings. The molecule has 0 amide bonds. The van der Waals surface area contributed by atoms with E-state index >= 15 is 0 Å². The predicted molar refractivity (Wildman–Crippen MR) is 117 cm³/mol. The molecule has 0 bridgehead atoms. The number of imidazole rings is 1. The van der Waals surface area contributed by atoms with Crippen LogP contribution >= 0.6 is 7.82 Å². The van der Waals surface area contributed by atoms with E-state index in [1.807, 2.05) is 0 Å². The number of hydrogen-bond donors (Lipinski definition) is 2. The number of hydrogen-bond acceptors (Lipinski definition) is 9. The van der Waals surface area contributed by atoms with E-state index in [1.54, 1.807) is 10.9 Å². The highest BCUT2D eigenvalue weighted by Crippen LogP contribution is 2.52. The van der Waals surface area contributed by atoms with Crippen LogP contribution < -0.4 is 4.90 Å². The third kappa shape index (κ3) is 4.83. The molecular formula is C20H32N5O6P. The van der Waals surface area contributed by atoms with Crippen molar-refractivity contribution in [3.8, 4) is 0 Å². The van der Waals surface area contributed by atoms with Gasteiger partial charge in [-0.1, -0.05) is 39.5 Å². The molecule has 5 atom stereocenters. The number of fused-ring (bicyclic) bond motifs is 2. The Hall–Kier alpha value is -1.62. The summed E-state index contributed by atoms with van der Waals surface area (Å²) in [5.74, 6) is 0.769. The Labute approximate surface area is 187 Å². The van der Waals surface area contributed by atoms with E-state index in [-0.39, 0.29) is 6.61 Å². The highest BCUT2D eigenvalue weighted by atomic mass is 31.2. The molecule has 4 rings (SSSR count). The minimum Gasteiger partial charge on any atom is -0.386 e. The molecule has 12 heteroatoms. The third-order valence-corrected chi connectivity index (χ3v) is 6.93. The summed E-state index contributed by atoms with van der Waals surface area (Å²) in [5.41, 5.74) is 1.16. The number of unbranched alkanes of at least 4 members (excludes halogenated alkanes) is 4. The molecule has 2 aromatic heterocycles. The highest BCUT2D eigenvalue weighted by Gasteiger charge is 2.52. The summed E-state index contributed by atoms with van der Waals surface area (Å²) in [6, 6.07) is 0. The second-order valence-electron chi connectivity index (χ2n) is 8.31. The molecule has 1 unspecified atom stereocenters. The van der Waals surface area contributed by atoms with Gasteiger partial charge in [-0.2, -0.15) is 0 Å². The van der Waals surface area contributed by atoms with Crippen LogP contribution in [0.3, 0.4) is 0 Å². The van der Waals surface area contributed by atoms with Crippen LogP contribution in [0, 0.1) is 0 Å². The smallest absolute Gasteiger partial charge is 0.386 e. The Morgan fingerprint density at radius 1 is 1.16 bits per heavy atom. The topological polar surface area (TPSA) is 132 Å². The summed E-state index contributed by atoms with van der Waals surface area (Å²) in [6.45, 7) is 6.00. The van der Waals surface area contributed by atoms with E-state index in [1.165, 1.54) is 6.33 Å². The van der Waals surface area contributed by atoms with Crippen molar-refractivity contribution in [3.63, 3.8) is 0 Å². The van der Waals surface area contributed by atoms with Crippen molar-refractivity contribution in [1.29, 1.82) is 0 Å². The van der Waals surface area contributed by atoms with Gasteiger partial charge in [0.1, 0.15) is 24.6 Å². The summed E-state index contributed by atoms with van der Waals surface area (Å²) in [5, 5.41) is 10.8. The number of ether oxygens (including phenoxy) is 1. The van der Waals surface area contributed by atoms with Crippen LogP contribution in [0.1, 0.15) is 58.6 Å². The first-order chi connectivity index (χ1) is 15.4. The summed E-state index contributed by atoms with van der Waals surface area (Å²) in [6.07, 6.45) is 6.10. The second-order valence-corrected chi connectivity index (χ2v) is 9.72. The fourth-order valence-electron chi connectivity index (χ4n) is 4.25. The zero-order valence-electron chi connectivity index (χ0n) is 18.5. The Bertz CT molecular complexity index is 948. The largest absolute Gasteiger partial charge is 0.472 e. The lowest BCUT2D eigenvalue weighted by atomic mass is 10.1. The van der Waals surface area contributed by atoms with Crippen LogP contribution in [0.2, 0.25) is 0 Å². The fraction of sp³-hybridized carbons (Fsp3) is 0.750. The maximum Gasteiger partial charge on any atom is 0.472 e. The number of nitrogens with zero attached hydrogens (tertiary/aromatic N) is 5. The second kappa shape index (κ2) is 10.1. The molecule has 4 heterocycles. The first-order valence-corrected chi connectivity index (χ1v) is 12.9. The number of rotatable bonds is 10. The highest BCUT2D eigenvalue weighted by molar-refractivity contribution is 7.47. The Kier molecular flexibility index (Phi) is 7.44. The summed E-state index contributed by atoms with van der Waals surface area (Å²) in [7, 11) is -4.19. The van der Waals surface area contributed by atoms with Crippen molar-refractivity contribution < 1.29 is 28.3 Å². The van der Waals surface area contributed by atoms with E-state index in [2.05, 4.69) is 33.7 Å². The van der Waals surface area contributed by atoms with Crippen molar-refractivity contribution >= 4 is 24.8 Å². The van der Waals surface area contributed by atoms with Gasteiger partial charge in [-0.15, -0.1) is 0 Å². The Morgan fingerprint density at radius 3 is 2.56 bits per heavy atom. The van der Waals surface area contributed by atoms with Crippen LogP contribution in [0.4, 0.5) is 5.82 Å². The van der Waals surface area contributed by atoms with Crippen LogP contribution in [-0.4, -0.2) is 67.5 Å². The molecule has 2 aromatic rings. The lowest BCUT2D eigenvalue weighted by Crippen LogP contribution is -2.39. The Balaban J connectivity index is 1.60. The van der Waals surface area contributed by atoms with Gasteiger partial charge in [0.15, 0.2) is 23.2 Å². The van der Waals surface area contributed by atoms with Gasteiger partial charge in [-0.3, -0.25) is 13.6 Å². The number of aliphatic hydroxyl groups is 1. The van der Waals surface area contributed by atoms with Crippen molar-refractivity contribution in [2.24, 2.45) is 0 Å². The lowest BCUT2D eigenvalue weighted by Gasteiger charge is -2.27. The molecule has 2 N–H and O–H groups in total. The standard InChI is InChI=1S/C20H32N5O6P/c1-3-5-7-9-24(10-8-6-4-2)18-15-19(22-12-21-18)25(13-23-15)20-16(26)17-14(30-20)11-29-32(27,28)31-17/h12-14,16-17,20,26H,3-11H2,1-2H3,(H,27,28)/t14-,16-,17-,20-/m1/s1. The molecule has 2 aliphatic heterocycles. The van der Waals surface area contributed by atoms with E-state index < -0.39 is 32.4 Å². The van der Waals surface area contributed by atoms with Crippen molar-refractivity contribution in [3.05, 3.63) is 12.7 Å². The van der Waals surface area contributed by atoms with Crippen molar-refractivity contribution in [2.75, 3.05) is 24.6 Å². The number of aromatic nitrogens is 4. The zero-order chi connectivity index (χ0) is 22.7. The van der Waals surface area contributed by atoms with Gasteiger partial charge in [0.2, 0.25) is 0 Å².